The molecule has 0 saturated heterocycles. The van der Waals surface area contributed by atoms with E-state index in [1.54, 1.807) is 12.1 Å². The van der Waals surface area contributed by atoms with Gasteiger partial charge in [0.25, 0.3) is 0 Å². The van der Waals surface area contributed by atoms with E-state index in [1.807, 2.05) is 6.07 Å². The zero-order valence-corrected chi connectivity index (χ0v) is 12.4. The van der Waals surface area contributed by atoms with Crippen molar-refractivity contribution < 1.29 is 4.79 Å². The van der Waals surface area contributed by atoms with E-state index < -0.39 is 0 Å². The summed E-state index contributed by atoms with van der Waals surface area (Å²) in [6, 6.07) is 5.59. The fourth-order valence-electron chi connectivity index (χ4n) is 2.54. The highest BCUT2D eigenvalue weighted by atomic mass is 35.5. The number of nitrogens with one attached hydrogen (secondary N) is 1. The molecule has 1 amide bonds. The van der Waals surface area contributed by atoms with E-state index in [2.05, 4.69) is 5.32 Å². The molecule has 1 saturated carbocycles. The van der Waals surface area contributed by atoms with E-state index in [0.717, 1.165) is 18.4 Å². The summed E-state index contributed by atoms with van der Waals surface area (Å²) in [5.41, 5.74) is 0.831. The van der Waals surface area contributed by atoms with Crippen molar-refractivity contribution in [2.24, 2.45) is 0 Å². The van der Waals surface area contributed by atoms with Crippen LogP contribution in [0.5, 0.6) is 0 Å². The van der Waals surface area contributed by atoms with Gasteiger partial charge in [-0.2, -0.15) is 0 Å². The molecule has 2 nitrogen and oxygen atoms in total. The Balaban J connectivity index is 1.89. The molecule has 0 aromatic heterocycles. The maximum atomic E-state index is 12.0. The molecule has 4 heteroatoms. The van der Waals surface area contributed by atoms with Crippen LogP contribution in [0.4, 0.5) is 0 Å². The maximum Gasteiger partial charge on any atom is 0.224 e. The Morgan fingerprint density at radius 2 is 1.84 bits per heavy atom. The molecular weight excluding hydrogens is 281 g/mol. The Morgan fingerprint density at radius 1 is 1.16 bits per heavy atom. The van der Waals surface area contributed by atoms with Gasteiger partial charge in [0.2, 0.25) is 5.91 Å². The van der Waals surface area contributed by atoms with Gasteiger partial charge in [-0.1, -0.05) is 55.0 Å². The lowest BCUT2D eigenvalue weighted by atomic mass is 10.1. The van der Waals surface area contributed by atoms with Gasteiger partial charge in [0.15, 0.2) is 0 Å². The summed E-state index contributed by atoms with van der Waals surface area (Å²) in [4.78, 5) is 12.0. The molecule has 1 aromatic rings. The first-order chi connectivity index (χ1) is 9.15. The predicted octanol–water partition coefficient (Wildman–Crippen LogP) is 4.37. The lowest BCUT2D eigenvalue weighted by Gasteiger charge is -2.16. The van der Waals surface area contributed by atoms with Gasteiger partial charge in [0, 0.05) is 16.1 Å². The Kier molecular flexibility index (Phi) is 5.53. The highest BCUT2D eigenvalue weighted by Gasteiger charge is 2.15. The molecule has 1 N–H and O–H groups in total. The lowest BCUT2D eigenvalue weighted by Crippen LogP contribution is -2.35. The van der Waals surface area contributed by atoms with Crippen LogP contribution in [-0.2, 0) is 11.2 Å². The second-order valence-corrected chi connectivity index (χ2v) is 6.01. The first kappa shape index (κ1) is 14.7. The summed E-state index contributed by atoms with van der Waals surface area (Å²) in [5, 5.41) is 4.27. The molecule has 0 bridgehead atoms. The van der Waals surface area contributed by atoms with Gasteiger partial charge >= 0.3 is 0 Å². The molecule has 0 atom stereocenters. The van der Waals surface area contributed by atoms with E-state index in [9.17, 15) is 4.79 Å². The Labute approximate surface area is 124 Å². The predicted molar refractivity (Wildman–Crippen MR) is 79.8 cm³/mol. The van der Waals surface area contributed by atoms with Crippen LogP contribution in [0.25, 0.3) is 0 Å². The average Bonchev–Trinajstić information content (AvgIpc) is 2.61. The third-order valence-electron chi connectivity index (χ3n) is 3.59. The van der Waals surface area contributed by atoms with E-state index in [0.29, 0.717) is 22.5 Å². The molecule has 0 unspecified atom stereocenters. The normalized spacial score (nSPS) is 16.9. The van der Waals surface area contributed by atoms with Crippen molar-refractivity contribution in [2.75, 3.05) is 0 Å². The van der Waals surface area contributed by atoms with Crippen LogP contribution in [0.1, 0.15) is 44.1 Å². The summed E-state index contributed by atoms with van der Waals surface area (Å²) in [7, 11) is 0. The smallest absolute Gasteiger partial charge is 0.224 e. The van der Waals surface area contributed by atoms with Crippen molar-refractivity contribution >= 4 is 29.1 Å². The Bertz CT molecular complexity index is 440. The van der Waals surface area contributed by atoms with Gasteiger partial charge in [-0.05, 0) is 30.5 Å². The first-order valence-electron chi connectivity index (χ1n) is 6.88. The monoisotopic (exact) mass is 299 g/mol. The van der Waals surface area contributed by atoms with E-state index in [4.69, 9.17) is 23.2 Å². The lowest BCUT2D eigenvalue weighted by molar-refractivity contribution is -0.121. The molecule has 1 fully saturated rings. The fraction of sp³-hybridized carbons (Fsp3) is 0.533. The maximum absolute atomic E-state index is 12.0. The van der Waals surface area contributed by atoms with Gasteiger partial charge in [-0.3, -0.25) is 4.79 Å². The number of halogens is 2. The van der Waals surface area contributed by atoms with Crippen molar-refractivity contribution in [3.63, 3.8) is 0 Å². The molecule has 0 aliphatic heterocycles. The minimum Gasteiger partial charge on any atom is -0.353 e. The quantitative estimate of drug-likeness (QED) is 0.825. The van der Waals surface area contributed by atoms with Gasteiger partial charge in [0.1, 0.15) is 0 Å². The highest BCUT2D eigenvalue weighted by Crippen LogP contribution is 2.22. The molecule has 1 aliphatic carbocycles. The topological polar surface area (TPSA) is 29.1 Å². The summed E-state index contributed by atoms with van der Waals surface area (Å²) < 4.78 is 0. The standard InChI is InChI=1S/C15H19Cl2NO/c16-12-8-7-11(14(17)10-12)9-15(19)18-13-5-3-1-2-4-6-13/h7-8,10,13H,1-6,9H2,(H,18,19). The number of carbonyl (C=O) groups excluding carboxylic acids is 1. The Morgan fingerprint density at radius 3 is 2.47 bits per heavy atom. The number of hydrogen-bond acceptors (Lipinski definition) is 1. The van der Waals surface area contributed by atoms with Crippen LogP contribution in [0, 0.1) is 0 Å². The highest BCUT2D eigenvalue weighted by molar-refractivity contribution is 6.35. The molecule has 0 spiro atoms. The Hall–Kier alpha value is -0.730. The van der Waals surface area contributed by atoms with Crippen LogP contribution in [0.15, 0.2) is 18.2 Å². The average molecular weight is 300 g/mol. The number of amides is 1. The number of hydrogen-bond donors (Lipinski definition) is 1. The number of benzene rings is 1. The first-order valence-corrected chi connectivity index (χ1v) is 7.64. The van der Waals surface area contributed by atoms with Gasteiger partial charge in [0.05, 0.1) is 6.42 Å². The fourth-order valence-corrected chi connectivity index (χ4v) is 3.02. The number of rotatable bonds is 3. The van der Waals surface area contributed by atoms with Crippen molar-refractivity contribution in [1.82, 2.24) is 5.32 Å². The molecular formula is C15H19Cl2NO. The van der Waals surface area contributed by atoms with Crippen molar-refractivity contribution in [3.8, 4) is 0 Å². The van der Waals surface area contributed by atoms with E-state index in [1.165, 1.54) is 25.7 Å². The van der Waals surface area contributed by atoms with Crippen molar-refractivity contribution in [2.45, 2.75) is 51.0 Å². The largest absolute Gasteiger partial charge is 0.353 e. The molecule has 19 heavy (non-hydrogen) atoms. The van der Waals surface area contributed by atoms with Crippen LogP contribution < -0.4 is 5.32 Å². The molecule has 1 aliphatic rings. The number of carbonyl (C=O) groups is 1. The van der Waals surface area contributed by atoms with Gasteiger partial charge < -0.3 is 5.32 Å². The molecule has 2 rings (SSSR count). The zero-order valence-electron chi connectivity index (χ0n) is 10.9. The van der Waals surface area contributed by atoms with Crippen LogP contribution in [-0.4, -0.2) is 11.9 Å². The van der Waals surface area contributed by atoms with Crippen molar-refractivity contribution in [3.05, 3.63) is 33.8 Å². The third kappa shape index (κ3) is 4.70. The SMILES string of the molecule is O=C(Cc1ccc(Cl)cc1Cl)NC1CCCCCC1. The molecule has 104 valence electrons. The van der Waals surface area contributed by atoms with Crippen LogP contribution in [0.3, 0.4) is 0 Å². The van der Waals surface area contributed by atoms with Gasteiger partial charge in [-0.15, -0.1) is 0 Å². The second kappa shape index (κ2) is 7.16. The molecule has 0 heterocycles. The van der Waals surface area contributed by atoms with Crippen molar-refractivity contribution in [1.29, 1.82) is 0 Å². The third-order valence-corrected chi connectivity index (χ3v) is 4.17. The van der Waals surface area contributed by atoms with Crippen LogP contribution in [0.2, 0.25) is 10.0 Å². The summed E-state index contributed by atoms with van der Waals surface area (Å²) >= 11 is 11.9. The van der Waals surface area contributed by atoms with E-state index in [-0.39, 0.29) is 5.91 Å². The molecule has 0 radical (unpaired) electrons. The summed E-state index contributed by atoms with van der Waals surface area (Å²) in [6.07, 6.45) is 7.52. The minimum absolute atomic E-state index is 0.0520. The summed E-state index contributed by atoms with van der Waals surface area (Å²) in [6.45, 7) is 0. The van der Waals surface area contributed by atoms with Crippen LogP contribution >= 0.6 is 23.2 Å². The molecule has 1 aromatic carbocycles. The minimum atomic E-state index is 0.0520. The summed E-state index contributed by atoms with van der Waals surface area (Å²) in [5.74, 6) is 0.0520. The van der Waals surface area contributed by atoms with E-state index >= 15 is 0 Å². The second-order valence-electron chi connectivity index (χ2n) is 5.17. The van der Waals surface area contributed by atoms with Gasteiger partial charge in [-0.25, -0.2) is 0 Å². The zero-order chi connectivity index (χ0) is 13.7.